The molecule has 34 heavy (non-hydrogen) atoms. The quantitative estimate of drug-likeness (QED) is 0.347. The van der Waals surface area contributed by atoms with Gasteiger partial charge in [0, 0.05) is 36.7 Å². The fourth-order valence-electron chi connectivity index (χ4n) is 3.82. The number of aromatic nitrogens is 1. The van der Waals surface area contributed by atoms with Gasteiger partial charge < -0.3 is 15.5 Å². The molecule has 0 unspecified atom stereocenters. The molecule has 0 radical (unpaired) electrons. The monoisotopic (exact) mass is 456 g/mol. The van der Waals surface area contributed by atoms with Gasteiger partial charge in [-0.15, -0.1) is 0 Å². The molecule has 1 amide bonds. The average molecular weight is 457 g/mol. The van der Waals surface area contributed by atoms with Gasteiger partial charge in [-0.05, 0) is 91.6 Å². The molecule has 0 aliphatic heterocycles. The Morgan fingerprint density at radius 3 is 2.47 bits per heavy atom. The number of aryl methyl sites for hydroxylation is 1. The highest BCUT2D eigenvalue weighted by Crippen LogP contribution is 2.18. The second-order valence-electron chi connectivity index (χ2n) is 8.38. The van der Waals surface area contributed by atoms with E-state index in [0.29, 0.717) is 18.7 Å². The molecule has 178 valence electrons. The topological polar surface area (TPSA) is 57.3 Å². The summed E-state index contributed by atoms with van der Waals surface area (Å²) in [6.45, 7) is 10.9. The van der Waals surface area contributed by atoms with Crippen molar-refractivity contribution in [2.45, 2.75) is 33.7 Å². The van der Waals surface area contributed by atoms with Gasteiger partial charge in [0.15, 0.2) is 0 Å². The molecule has 2 N–H and O–H groups in total. The zero-order chi connectivity index (χ0) is 24.2. The Labute approximate surface area is 203 Å². The highest BCUT2D eigenvalue weighted by molar-refractivity contribution is 5.94. The lowest BCUT2D eigenvalue weighted by atomic mass is 10.1. The van der Waals surface area contributed by atoms with Gasteiger partial charge in [0.25, 0.3) is 5.91 Å². The number of hydrogen-bond acceptors (Lipinski definition) is 4. The fraction of sp³-hybridized carbons (Fsp3) is 0.310. The first-order valence-electron chi connectivity index (χ1n) is 12.1. The lowest BCUT2D eigenvalue weighted by Crippen LogP contribution is -2.29. The zero-order valence-corrected chi connectivity index (χ0v) is 20.6. The third kappa shape index (κ3) is 7.85. The lowest BCUT2D eigenvalue weighted by molar-refractivity contribution is 0.0951. The molecule has 1 aromatic heterocycles. The standard InChI is InChI=1S/C29H36N4O/c1-4-33(5-2)19-7-16-31-29(34)27-12-13-28(23(3)20-27)32-22-26-9-6-8-25(21-26)11-10-24-14-17-30-18-15-24/h6,8-15,17-18,20-21,32H,4-5,7,16,19,22H2,1-3H3,(H,31,34)/b11-10+. The lowest BCUT2D eigenvalue weighted by Gasteiger charge is -2.17. The van der Waals surface area contributed by atoms with Crippen LogP contribution in [0.4, 0.5) is 5.69 Å². The Hall–Kier alpha value is -3.44. The van der Waals surface area contributed by atoms with Crippen LogP contribution in [-0.2, 0) is 6.54 Å². The molecule has 0 atom stereocenters. The van der Waals surface area contributed by atoms with Crippen LogP contribution < -0.4 is 10.6 Å². The number of anilines is 1. The highest BCUT2D eigenvalue weighted by atomic mass is 16.1. The molecule has 0 aliphatic carbocycles. The van der Waals surface area contributed by atoms with Crippen molar-refractivity contribution in [1.82, 2.24) is 15.2 Å². The molecule has 3 aromatic rings. The summed E-state index contributed by atoms with van der Waals surface area (Å²) < 4.78 is 0. The van der Waals surface area contributed by atoms with Gasteiger partial charge >= 0.3 is 0 Å². The van der Waals surface area contributed by atoms with E-state index in [0.717, 1.165) is 48.4 Å². The summed E-state index contributed by atoms with van der Waals surface area (Å²) >= 11 is 0. The van der Waals surface area contributed by atoms with E-state index < -0.39 is 0 Å². The third-order valence-electron chi connectivity index (χ3n) is 5.93. The molecule has 0 spiro atoms. The summed E-state index contributed by atoms with van der Waals surface area (Å²) in [5.74, 6) is -0.0112. The van der Waals surface area contributed by atoms with E-state index in [1.54, 1.807) is 12.4 Å². The summed E-state index contributed by atoms with van der Waals surface area (Å²) in [7, 11) is 0. The first-order valence-corrected chi connectivity index (χ1v) is 12.1. The predicted molar refractivity (Wildman–Crippen MR) is 143 cm³/mol. The number of pyridine rings is 1. The Morgan fingerprint density at radius 2 is 1.74 bits per heavy atom. The second-order valence-corrected chi connectivity index (χ2v) is 8.38. The number of rotatable bonds is 12. The number of nitrogens with one attached hydrogen (secondary N) is 2. The number of carbonyl (C=O) groups is 1. The molecule has 0 saturated heterocycles. The average Bonchev–Trinajstić information content (AvgIpc) is 2.87. The maximum Gasteiger partial charge on any atom is 0.251 e. The summed E-state index contributed by atoms with van der Waals surface area (Å²) in [4.78, 5) is 18.9. The van der Waals surface area contributed by atoms with Gasteiger partial charge in [0.1, 0.15) is 0 Å². The van der Waals surface area contributed by atoms with Gasteiger partial charge in [-0.2, -0.15) is 0 Å². The molecule has 1 heterocycles. The van der Waals surface area contributed by atoms with E-state index in [4.69, 9.17) is 0 Å². The predicted octanol–water partition coefficient (Wildman–Crippen LogP) is 5.63. The Morgan fingerprint density at radius 1 is 0.971 bits per heavy atom. The van der Waals surface area contributed by atoms with Crippen LogP contribution in [0.1, 0.15) is 52.9 Å². The van der Waals surface area contributed by atoms with Crippen LogP contribution in [0.5, 0.6) is 0 Å². The molecule has 5 nitrogen and oxygen atoms in total. The van der Waals surface area contributed by atoms with Crippen LogP contribution in [0.3, 0.4) is 0 Å². The Balaban J connectivity index is 1.52. The Bertz CT molecular complexity index is 1070. The Kier molecular flexibility index (Phi) is 9.86. The zero-order valence-electron chi connectivity index (χ0n) is 20.6. The van der Waals surface area contributed by atoms with Crippen molar-refractivity contribution in [1.29, 1.82) is 0 Å². The van der Waals surface area contributed by atoms with Crippen molar-refractivity contribution < 1.29 is 4.79 Å². The summed E-state index contributed by atoms with van der Waals surface area (Å²) in [6.07, 6.45) is 8.75. The maximum atomic E-state index is 12.5. The summed E-state index contributed by atoms with van der Waals surface area (Å²) in [6, 6.07) is 18.3. The SMILES string of the molecule is CCN(CC)CCCNC(=O)c1ccc(NCc2cccc(/C=C/c3ccncc3)c2)c(C)c1. The van der Waals surface area contributed by atoms with Crippen molar-refractivity contribution in [3.63, 3.8) is 0 Å². The van der Waals surface area contributed by atoms with Crippen LogP contribution >= 0.6 is 0 Å². The van der Waals surface area contributed by atoms with E-state index in [9.17, 15) is 4.79 Å². The molecule has 2 aromatic carbocycles. The van der Waals surface area contributed by atoms with Gasteiger partial charge in [0.05, 0.1) is 0 Å². The molecular formula is C29H36N4O. The number of carbonyl (C=O) groups excluding carboxylic acids is 1. The molecule has 0 aliphatic rings. The normalized spacial score (nSPS) is 11.2. The maximum absolute atomic E-state index is 12.5. The minimum absolute atomic E-state index is 0.0112. The van der Waals surface area contributed by atoms with Crippen molar-refractivity contribution in [3.05, 3.63) is 94.8 Å². The third-order valence-corrected chi connectivity index (χ3v) is 5.93. The van der Waals surface area contributed by atoms with Gasteiger partial charge in [-0.25, -0.2) is 0 Å². The number of nitrogens with zero attached hydrogens (tertiary/aromatic N) is 2. The summed E-state index contributed by atoms with van der Waals surface area (Å²) in [5.41, 5.74) is 6.28. The van der Waals surface area contributed by atoms with E-state index >= 15 is 0 Å². The van der Waals surface area contributed by atoms with E-state index in [-0.39, 0.29) is 5.91 Å². The number of hydrogen-bond donors (Lipinski definition) is 2. The van der Waals surface area contributed by atoms with Crippen LogP contribution in [0.15, 0.2) is 67.0 Å². The molecule has 0 fully saturated rings. The number of benzene rings is 2. The van der Waals surface area contributed by atoms with Gasteiger partial charge in [0.2, 0.25) is 0 Å². The molecule has 5 heteroatoms. The fourth-order valence-corrected chi connectivity index (χ4v) is 3.82. The van der Waals surface area contributed by atoms with Crippen molar-refractivity contribution in [3.8, 4) is 0 Å². The van der Waals surface area contributed by atoms with E-state index in [2.05, 4.69) is 70.8 Å². The van der Waals surface area contributed by atoms with Crippen LogP contribution in [0.2, 0.25) is 0 Å². The van der Waals surface area contributed by atoms with E-state index in [1.807, 2.05) is 37.3 Å². The molecule has 0 bridgehead atoms. The minimum Gasteiger partial charge on any atom is -0.381 e. The largest absolute Gasteiger partial charge is 0.381 e. The van der Waals surface area contributed by atoms with Gasteiger partial charge in [-0.1, -0.05) is 44.2 Å². The molecule has 3 rings (SSSR count). The van der Waals surface area contributed by atoms with Crippen LogP contribution in [0, 0.1) is 6.92 Å². The van der Waals surface area contributed by atoms with Gasteiger partial charge in [-0.3, -0.25) is 9.78 Å². The highest BCUT2D eigenvalue weighted by Gasteiger charge is 2.08. The van der Waals surface area contributed by atoms with Crippen molar-refractivity contribution >= 4 is 23.7 Å². The van der Waals surface area contributed by atoms with Crippen molar-refractivity contribution in [2.24, 2.45) is 0 Å². The van der Waals surface area contributed by atoms with Crippen LogP contribution in [0.25, 0.3) is 12.2 Å². The van der Waals surface area contributed by atoms with E-state index in [1.165, 1.54) is 5.56 Å². The second kappa shape index (κ2) is 13.3. The van der Waals surface area contributed by atoms with Crippen molar-refractivity contribution in [2.75, 3.05) is 31.5 Å². The van der Waals surface area contributed by atoms with Crippen LogP contribution in [-0.4, -0.2) is 42.0 Å². The number of amides is 1. The first kappa shape index (κ1) is 25.2. The first-order chi connectivity index (χ1) is 16.6. The summed E-state index contributed by atoms with van der Waals surface area (Å²) in [5, 5.41) is 6.55. The molecule has 0 saturated carbocycles. The smallest absolute Gasteiger partial charge is 0.251 e. The molecular weight excluding hydrogens is 420 g/mol. The minimum atomic E-state index is -0.0112.